The molecule has 15 heteroatoms. The number of non-ortho nitro benzene ring substituents is 1. The van der Waals surface area contributed by atoms with Gasteiger partial charge in [0.2, 0.25) is 23.6 Å². The van der Waals surface area contributed by atoms with Crippen LogP contribution >= 0.6 is 0 Å². The highest BCUT2D eigenvalue weighted by atomic mass is 16.6. The minimum Gasteiger partial charge on any atom is -0.497 e. The van der Waals surface area contributed by atoms with Gasteiger partial charge in [0.1, 0.15) is 17.8 Å². The number of aliphatic hydroxyl groups excluding tert-OH is 1. The van der Waals surface area contributed by atoms with Crippen LogP contribution in [0.25, 0.3) is 0 Å². The molecule has 92 heavy (non-hydrogen) atoms. The minimum atomic E-state index is -1.21. The number of fused-ring (bicyclic) bond motifs is 5. The molecule has 4 amide bonds. The number of hydrogen-bond donors (Lipinski definition) is 6. The van der Waals surface area contributed by atoms with Gasteiger partial charge in [-0.2, -0.15) is 0 Å². The van der Waals surface area contributed by atoms with Crippen LogP contribution in [0.1, 0.15) is 179 Å². The summed E-state index contributed by atoms with van der Waals surface area (Å²) in [5.74, 6) is 3.58. The maximum Gasteiger partial charge on any atom is 0.269 e. The molecule has 0 unspecified atom stereocenters. The Labute approximate surface area is 547 Å². The number of nitro benzene ring substituents is 1. The third-order valence-corrected chi connectivity index (χ3v) is 21.4. The van der Waals surface area contributed by atoms with Gasteiger partial charge in [0.05, 0.1) is 30.3 Å². The van der Waals surface area contributed by atoms with E-state index in [2.05, 4.69) is 104 Å². The predicted molar refractivity (Wildman–Crippen MR) is 366 cm³/mol. The maximum absolute atomic E-state index is 14.6. The lowest BCUT2D eigenvalue weighted by molar-refractivity contribution is -0.384. The number of nitro groups is 1. The van der Waals surface area contributed by atoms with Crippen molar-refractivity contribution in [3.05, 3.63) is 183 Å². The molecule has 6 N–H and O–H groups in total. The minimum absolute atomic E-state index is 0. The largest absolute Gasteiger partial charge is 0.497 e. The summed E-state index contributed by atoms with van der Waals surface area (Å²) in [7, 11) is 1.64. The summed E-state index contributed by atoms with van der Waals surface area (Å²) >= 11 is 0. The Morgan fingerprint density at radius 3 is 2.00 bits per heavy atom. The zero-order valence-electron chi connectivity index (χ0n) is 54.7. The van der Waals surface area contributed by atoms with E-state index in [9.17, 15) is 34.4 Å². The van der Waals surface area contributed by atoms with Gasteiger partial charge in [-0.25, -0.2) is 0 Å². The van der Waals surface area contributed by atoms with E-state index in [1.807, 2.05) is 48.5 Å². The number of nitrogens with one attached hydrogen (secondary N) is 5. The van der Waals surface area contributed by atoms with E-state index in [-0.39, 0.29) is 62.8 Å². The Bertz CT molecular complexity index is 3170. The van der Waals surface area contributed by atoms with Gasteiger partial charge in [0.15, 0.2) is 0 Å². The van der Waals surface area contributed by atoms with E-state index >= 15 is 0 Å². The fraction of sp³-hybridized carbons (Fsp3) is 0.532. The van der Waals surface area contributed by atoms with E-state index in [0.29, 0.717) is 61.2 Å². The predicted octanol–water partition coefficient (Wildman–Crippen LogP) is 14.3. The van der Waals surface area contributed by atoms with Crippen molar-refractivity contribution in [2.75, 3.05) is 32.1 Å². The van der Waals surface area contributed by atoms with E-state index in [1.165, 1.54) is 75.6 Å². The molecule has 10 atom stereocenters. The number of rotatable bonds is 32. The number of methoxy groups -OCH3 is 1. The van der Waals surface area contributed by atoms with Crippen molar-refractivity contribution in [2.24, 2.45) is 46.3 Å². The normalized spacial score (nSPS) is 22.6. The zero-order chi connectivity index (χ0) is 64.5. The summed E-state index contributed by atoms with van der Waals surface area (Å²) in [5.41, 5.74) is 6.15. The first-order valence-electron chi connectivity index (χ1n) is 33.9. The smallest absolute Gasteiger partial charge is 0.269 e. The summed E-state index contributed by atoms with van der Waals surface area (Å²) in [5, 5.41) is 36.8. The van der Waals surface area contributed by atoms with Crippen molar-refractivity contribution >= 4 is 35.0 Å². The quantitative estimate of drug-likeness (QED) is 0.00789. The Kier molecular flexibility index (Phi) is 25.4. The van der Waals surface area contributed by atoms with Crippen LogP contribution in [0.2, 0.25) is 0 Å². The highest BCUT2D eigenvalue weighted by molar-refractivity contribution is 5.98. The van der Waals surface area contributed by atoms with Crippen LogP contribution in [0.5, 0.6) is 5.75 Å². The Morgan fingerprint density at radius 1 is 0.685 bits per heavy atom. The fourth-order valence-electron chi connectivity index (χ4n) is 16.4. The molecular formula is C77H104N6O9. The van der Waals surface area contributed by atoms with Gasteiger partial charge in [-0.05, 0) is 182 Å². The number of allylic oxidation sites excluding steroid dienone is 1. The number of aliphatic hydroxyl groups is 1. The van der Waals surface area contributed by atoms with Crippen LogP contribution in [0.15, 0.2) is 145 Å². The summed E-state index contributed by atoms with van der Waals surface area (Å²) in [6.07, 6.45) is 18.3. The molecule has 0 aromatic heterocycles. The van der Waals surface area contributed by atoms with E-state index in [0.717, 1.165) is 77.2 Å². The highest BCUT2D eigenvalue weighted by Gasteiger charge is 2.59. The summed E-state index contributed by atoms with van der Waals surface area (Å²) in [4.78, 5) is 67.0. The number of amides is 4. The molecule has 9 rings (SSSR count). The molecule has 0 radical (unpaired) electrons. The van der Waals surface area contributed by atoms with Crippen LogP contribution in [-0.2, 0) is 42.5 Å². The van der Waals surface area contributed by atoms with Crippen LogP contribution in [0, 0.1) is 56.5 Å². The van der Waals surface area contributed by atoms with E-state index in [4.69, 9.17) is 9.47 Å². The topological polar surface area (TPSA) is 210 Å². The summed E-state index contributed by atoms with van der Waals surface area (Å²) in [6, 6.07) is 38.6. The number of nitrogens with zero attached hydrogens (tertiary/aromatic N) is 1. The molecule has 5 aromatic rings. The van der Waals surface area contributed by atoms with Crippen LogP contribution in [0.4, 0.5) is 11.4 Å². The van der Waals surface area contributed by atoms with Gasteiger partial charge >= 0.3 is 0 Å². The molecule has 3 fully saturated rings. The standard InChI is InChI=1S/C76H100N6O9.CH4/c1-52(2)17-15-18-53(3)65-38-39-66-64-37-30-59-50-63(42-44-74(59,4)67(64)43-45-75(65,66)5)91-48-16-46-77-70(84)40-41-71(85)80-69(49-54-26-33-61(34-27-54)82(88)89)73(87)81-68(72(86)79-60-31-24-55(51-83)25-32-60)23-13-14-47-78-76(56-19-9-7-10-20-56,57-21-11-8-12-22-57)58-28-35-62(90-6)36-29-58;/h7-12,19-22,24-36,52-53,63-69,78,83H,13-18,23,37-51H2,1-6H3,(H,77,84)(H,79,86)(H,80,85)(H,81,87);1H4/t53-,63+,64+,65-,66+,67+,68+,69+,74+,75-;/m1./s1. The van der Waals surface area contributed by atoms with Crippen molar-refractivity contribution < 1.29 is 38.7 Å². The summed E-state index contributed by atoms with van der Waals surface area (Å²) < 4.78 is 12.0. The number of carbonyl (C=O) groups excluding carboxylic acids is 4. The molecule has 0 heterocycles. The summed E-state index contributed by atoms with van der Waals surface area (Å²) in [6.45, 7) is 13.8. The molecule has 15 nitrogen and oxygen atoms in total. The average molecular weight is 1260 g/mol. The number of ether oxygens (including phenoxy) is 2. The molecule has 0 bridgehead atoms. The van der Waals surface area contributed by atoms with Gasteiger partial charge in [-0.3, -0.25) is 34.6 Å². The molecule has 4 aliphatic rings. The van der Waals surface area contributed by atoms with Gasteiger partial charge in [0, 0.05) is 50.2 Å². The SMILES string of the molecule is C.COc1ccc(C(NCCCC[C@H](NC(=O)[C@H](Cc2ccc([N+](=O)[O-])cc2)NC(=O)CCC(=O)NCCCO[C@H]2CC[C@@]3(C)C(=CC[C@H]4[C@@H]5CC[C@H]([C@H](C)CCCC(C)C)[C@@]5(C)CC[C@@H]43)C2)C(=O)Nc2ccc(CO)cc2)(c2ccccc2)c2ccccc2)cc1. The monoisotopic (exact) mass is 1260 g/mol. The lowest BCUT2D eigenvalue weighted by atomic mass is 9.47. The molecule has 496 valence electrons. The van der Waals surface area contributed by atoms with E-state index < -0.39 is 40.3 Å². The van der Waals surface area contributed by atoms with Crippen molar-refractivity contribution in [3.63, 3.8) is 0 Å². The molecule has 0 saturated heterocycles. The number of carbonyl (C=O) groups is 4. The van der Waals surface area contributed by atoms with Crippen molar-refractivity contribution in [2.45, 2.75) is 188 Å². The van der Waals surface area contributed by atoms with Crippen LogP contribution in [-0.4, -0.2) is 78.7 Å². The van der Waals surface area contributed by atoms with Gasteiger partial charge in [-0.15, -0.1) is 0 Å². The van der Waals surface area contributed by atoms with Crippen molar-refractivity contribution in [3.8, 4) is 5.75 Å². The maximum atomic E-state index is 14.6. The van der Waals surface area contributed by atoms with Crippen molar-refractivity contribution in [1.82, 2.24) is 21.3 Å². The fourth-order valence-corrected chi connectivity index (χ4v) is 16.4. The third-order valence-electron chi connectivity index (χ3n) is 21.4. The second-order valence-corrected chi connectivity index (χ2v) is 27.5. The molecule has 5 aromatic carbocycles. The Morgan fingerprint density at radius 2 is 1.35 bits per heavy atom. The van der Waals surface area contributed by atoms with Gasteiger partial charge in [0.25, 0.3) is 5.69 Å². The van der Waals surface area contributed by atoms with Crippen molar-refractivity contribution in [1.29, 1.82) is 0 Å². The second kappa shape index (κ2) is 33.1. The molecular weight excluding hydrogens is 1150 g/mol. The van der Waals surface area contributed by atoms with Crippen LogP contribution < -0.4 is 31.3 Å². The number of anilines is 1. The first-order valence-corrected chi connectivity index (χ1v) is 33.9. The molecule has 0 spiro atoms. The Hall–Kier alpha value is -7.20. The number of benzene rings is 5. The third kappa shape index (κ3) is 17.3. The molecule has 3 saturated carbocycles. The molecule has 4 aliphatic carbocycles. The lowest BCUT2D eigenvalue weighted by Crippen LogP contribution is -2.53. The van der Waals surface area contributed by atoms with E-state index in [1.54, 1.807) is 36.9 Å². The number of unbranched alkanes of at least 4 members (excludes halogenated alkanes) is 1. The first kappa shape index (κ1) is 70.7. The van der Waals surface area contributed by atoms with Crippen LogP contribution in [0.3, 0.4) is 0 Å². The first-order chi connectivity index (χ1) is 43.9. The average Bonchev–Trinajstić information content (AvgIpc) is 1.33. The highest BCUT2D eigenvalue weighted by Crippen LogP contribution is 2.67. The molecule has 0 aliphatic heterocycles. The second-order valence-electron chi connectivity index (χ2n) is 27.5. The van der Waals surface area contributed by atoms with Gasteiger partial charge in [-0.1, -0.05) is 170 Å². The lowest BCUT2D eigenvalue weighted by Gasteiger charge is -2.58. The zero-order valence-corrected chi connectivity index (χ0v) is 54.7. The Balaban J connectivity index is 0.0000109. The number of hydrogen-bond acceptors (Lipinski definition) is 10. The van der Waals surface area contributed by atoms with Gasteiger partial charge < -0.3 is 35.8 Å².